The summed E-state index contributed by atoms with van der Waals surface area (Å²) in [5.41, 5.74) is 7.73. The van der Waals surface area contributed by atoms with Crippen LogP contribution in [0.1, 0.15) is 0 Å². The second kappa shape index (κ2) is 4.96. The maximum Gasteiger partial charge on any atom is 0.130 e. The van der Waals surface area contributed by atoms with E-state index in [9.17, 15) is 4.39 Å². The van der Waals surface area contributed by atoms with E-state index in [4.69, 9.17) is 15.2 Å². The predicted molar refractivity (Wildman–Crippen MR) is 69.4 cm³/mol. The zero-order chi connectivity index (χ0) is 13.1. The van der Waals surface area contributed by atoms with Gasteiger partial charge >= 0.3 is 0 Å². The summed E-state index contributed by atoms with van der Waals surface area (Å²) in [7, 11) is 3.15. The van der Waals surface area contributed by atoms with Crippen LogP contribution in [0.4, 0.5) is 10.1 Å². The van der Waals surface area contributed by atoms with Crippen LogP contribution >= 0.6 is 0 Å². The Hall–Kier alpha value is -2.23. The van der Waals surface area contributed by atoms with Gasteiger partial charge in [-0.25, -0.2) is 4.39 Å². The standard InChI is InChI=1S/C14H14FNO2/c1-17-10-4-6-12(14(8-10)18-2)11-5-3-9(15)7-13(11)16/h3-8H,16H2,1-2H3. The molecule has 0 atom stereocenters. The first-order valence-corrected chi connectivity index (χ1v) is 5.43. The molecule has 0 radical (unpaired) electrons. The maximum absolute atomic E-state index is 13.0. The number of nitrogens with two attached hydrogens (primary N) is 1. The van der Waals surface area contributed by atoms with Crippen molar-refractivity contribution in [3.8, 4) is 22.6 Å². The van der Waals surface area contributed by atoms with E-state index in [0.717, 1.165) is 11.1 Å². The molecule has 0 aromatic heterocycles. The molecular formula is C14H14FNO2. The molecule has 0 saturated heterocycles. The van der Waals surface area contributed by atoms with Crippen LogP contribution < -0.4 is 15.2 Å². The number of anilines is 1. The van der Waals surface area contributed by atoms with Gasteiger partial charge in [0, 0.05) is 22.9 Å². The highest BCUT2D eigenvalue weighted by Gasteiger charge is 2.10. The highest BCUT2D eigenvalue weighted by molar-refractivity contribution is 5.81. The fraction of sp³-hybridized carbons (Fsp3) is 0.143. The highest BCUT2D eigenvalue weighted by Crippen LogP contribution is 2.36. The number of ether oxygens (including phenoxy) is 2. The van der Waals surface area contributed by atoms with Crippen LogP contribution in [-0.4, -0.2) is 14.2 Å². The van der Waals surface area contributed by atoms with Crippen molar-refractivity contribution >= 4 is 5.69 Å². The highest BCUT2D eigenvalue weighted by atomic mass is 19.1. The van der Waals surface area contributed by atoms with E-state index in [1.807, 2.05) is 6.07 Å². The minimum atomic E-state index is -0.358. The van der Waals surface area contributed by atoms with Crippen LogP contribution in [0.25, 0.3) is 11.1 Å². The molecule has 3 nitrogen and oxygen atoms in total. The van der Waals surface area contributed by atoms with Crippen molar-refractivity contribution in [3.63, 3.8) is 0 Å². The van der Waals surface area contributed by atoms with E-state index in [0.29, 0.717) is 17.2 Å². The summed E-state index contributed by atoms with van der Waals surface area (Å²) in [6.07, 6.45) is 0. The molecule has 0 heterocycles. The van der Waals surface area contributed by atoms with Gasteiger partial charge in [-0.2, -0.15) is 0 Å². The van der Waals surface area contributed by atoms with E-state index in [-0.39, 0.29) is 5.82 Å². The molecule has 18 heavy (non-hydrogen) atoms. The Labute approximate surface area is 105 Å². The quantitative estimate of drug-likeness (QED) is 0.848. The number of hydrogen-bond donors (Lipinski definition) is 1. The Kier molecular flexibility index (Phi) is 3.37. The van der Waals surface area contributed by atoms with Gasteiger partial charge in [0.1, 0.15) is 17.3 Å². The van der Waals surface area contributed by atoms with Gasteiger partial charge in [-0.1, -0.05) is 0 Å². The number of benzene rings is 2. The van der Waals surface area contributed by atoms with Crippen LogP contribution in [-0.2, 0) is 0 Å². The van der Waals surface area contributed by atoms with Gasteiger partial charge in [-0.05, 0) is 30.3 Å². The van der Waals surface area contributed by atoms with Gasteiger partial charge in [-0.3, -0.25) is 0 Å². The molecular weight excluding hydrogens is 233 g/mol. The first-order chi connectivity index (χ1) is 8.65. The minimum Gasteiger partial charge on any atom is -0.497 e. The lowest BCUT2D eigenvalue weighted by Gasteiger charge is -2.12. The van der Waals surface area contributed by atoms with Gasteiger partial charge in [-0.15, -0.1) is 0 Å². The Morgan fingerprint density at radius 1 is 0.944 bits per heavy atom. The van der Waals surface area contributed by atoms with Crippen molar-refractivity contribution in [2.75, 3.05) is 20.0 Å². The zero-order valence-electron chi connectivity index (χ0n) is 10.2. The second-order valence-electron chi connectivity index (χ2n) is 3.80. The fourth-order valence-electron chi connectivity index (χ4n) is 1.80. The maximum atomic E-state index is 13.0. The lowest BCUT2D eigenvalue weighted by atomic mass is 10.0. The fourth-order valence-corrected chi connectivity index (χ4v) is 1.80. The molecule has 0 aliphatic carbocycles. The third kappa shape index (κ3) is 2.22. The molecule has 0 spiro atoms. The molecule has 2 aromatic rings. The van der Waals surface area contributed by atoms with Crippen LogP contribution in [0.2, 0.25) is 0 Å². The summed E-state index contributed by atoms with van der Waals surface area (Å²) in [5, 5.41) is 0. The molecule has 4 heteroatoms. The molecule has 0 aliphatic rings. The molecule has 0 unspecified atom stereocenters. The van der Waals surface area contributed by atoms with E-state index in [2.05, 4.69) is 0 Å². The Morgan fingerprint density at radius 3 is 2.28 bits per heavy atom. The van der Waals surface area contributed by atoms with Crippen LogP contribution in [0, 0.1) is 5.82 Å². The lowest BCUT2D eigenvalue weighted by Crippen LogP contribution is -1.95. The molecule has 0 bridgehead atoms. The largest absolute Gasteiger partial charge is 0.497 e. The summed E-state index contributed by atoms with van der Waals surface area (Å²) in [5.74, 6) is 0.965. The summed E-state index contributed by atoms with van der Waals surface area (Å²) < 4.78 is 23.5. The average Bonchev–Trinajstić information content (AvgIpc) is 2.38. The van der Waals surface area contributed by atoms with Gasteiger partial charge in [0.15, 0.2) is 0 Å². The number of halogens is 1. The molecule has 2 aromatic carbocycles. The predicted octanol–water partition coefficient (Wildman–Crippen LogP) is 3.09. The summed E-state index contributed by atoms with van der Waals surface area (Å²) in [4.78, 5) is 0. The monoisotopic (exact) mass is 247 g/mol. The second-order valence-corrected chi connectivity index (χ2v) is 3.80. The number of nitrogen functional groups attached to an aromatic ring is 1. The molecule has 0 fully saturated rings. The van der Waals surface area contributed by atoms with Crippen LogP contribution in [0.5, 0.6) is 11.5 Å². The third-order valence-electron chi connectivity index (χ3n) is 2.71. The summed E-state index contributed by atoms with van der Waals surface area (Å²) in [6, 6.07) is 9.70. The Morgan fingerprint density at radius 2 is 1.67 bits per heavy atom. The van der Waals surface area contributed by atoms with E-state index < -0.39 is 0 Å². The third-order valence-corrected chi connectivity index (χ3v) is 2.71. The molecule has 0 saturated carbocycles. The molecule has 2 rings (SSSR count). The molecule has 2 N–H and O–H groups in total. The van der Waals surface area contributed by atoms with Crippen molar-refractivity contribution in [3.05, 3.63) is 42.2 Å². The van der Waals surface area contributed by atoms with Crippen molar-refractivity contribution in [2.45, 2.75) is 0 Å². The molecule has 0 amide bonds. The van der Waals surface area contributed by atoms with E-state index in [1.165, 1.54) is 12.1 Å². The number of rotatable bonds is 3. The van der Waals surface area contributed by atoms with Crippen molar-refractivity contribution in [1.29, 1.82) is 0 Å². The van der Waals surface area contributed by atoms with Gasteiger partial charge in [0.2, 0.25) is 0 Å². The summed E-state index contributed by atoms with van der Waals surface area (Å²) in [6.45, 7) is 0. The Balaban J connectivity index is 2.56. The van der Waals surface area contributed by atoms with Crippen LogP contribution in [0.15, 0.2) is 36.4 Å². The first kappa shape index (κ1) is 12.2. The van der Waals surface area contributed by atoms with Gasteiger partial charge in [0.25, 0.3) is 0 Å². The SMILES string of the molecule is COc1ccc(-c2ccc(F)cc2N)c(OC)c1. The molecule has 0 aliphatic heterocycles. The minimum absolute atomic E-state index is 0.358. The zero-order valence-corrected chi connectivity index (χ0v) is 10.2. The Bertz CT molecular complexity index is 570. The van der Waals surface area contributed by atoms with Gasteiger partial charge < -0.3 is 15.2 Å². The van der Waals surface area contributed by atoms with E-state index >= 15 is 0 Å². The normalized spacial score (nSPS) is 10.2. The van der Waals surface area contributed by atoms with Crippen molar-refractivity contribution in [2.24, 2.45) is 0 Å². The number of methoxy groups -OCH3 is 2. The first-order valence-electron chi connectivity index (χ1n) is 5.43. The summed E-state index contributed by atoms with van der Waals surface area (Å²) >= 11 is 0. The lowest BCUT2D eigenvalue weighted by molar-refractivity contribution is 0.395. The van der Waals surface area contributed by atoms with Crippen LogP contribution in [0.3, 0.4) is 0 Å². The van der Waals surface area contributed by atoms with Gasteiger partial charge in [0.05, 0.1) is 14.2 Å². The van der Waals surface area contributed by atoms with E-state index in [1.54, 1.807) is 32.4 Å². The topological polar surface area (TPSA) is 44.5 Å². The number of hydrogen-bond acceptors (Lipinski definition) is 3. The average molecular weight is 247 g/mol. The van der Waals surface area contributed by atoms with Crippen molar-refractivity contribution < 1.29 is 13.9 Å². The van der Waals surface area contributed by atoms with Crippen molar-refractivity contribution in [1.82, 2.24) is 0 Å². The smallest absolute Gasteiger partial charge is 0.130 e. The molecule has 94 valence electrons.